The molecule has 1 aliphatic heterocycles. The first-order valence-electron chi connectivity index (χ1n) is 6.34. The third-order valence-corrected chi connectivity index (χ3v) is 5.46. The number of hydrogen-bond acceptors (Lipinski definition) is 3. The van der Waals surface area contributed by atoms with Crippen molar-refractivity contribution in [2.24, 2.45) is 5.73 Å². The van der Waals surface area contributed by atoms with Gasteiger partial charge in [-0.25, -0.2) is 0 Å². The fourth-order valence-electron chi connectivity index (χ4n) is 2.98. The van der Waals surface area contributed by atoms with Gasteiger partial charge in [-0.15, -0.1) is 0 Å². The molecule has 16 heavy (non-hydrogen) atoms. The zero-order chi connectivity index (χ0) is 11.6. The molecule has 0 radical (unpaired) electrons. The van der Waals surface area contributed by atoms with Gasteiger partial charge in [-0.2, -0.15) is 11.8 Å². The molecule has 2 aliphatic rings. The number of amides is 1. The maximum absolute atomic E-state index is 11.8. The number of primary amides is 1. The van der Waals surface area contributed by atoms with E-state index in [1.165, 1.54) is 25.7 Å². The summed E-state index contributed by atoms with van der Waals surface area (Å²) < 4.78 is 0. The first-order chi connectivity index (χ1) is 7.65. The maximum Gasteiger partial charge on any atom is 0.238 e. The zero-order valence-electron chi connectivity index (χ0n) is 10.00. The van der Waals surface area contributed by atoms with E-state index in [0.717, 1.165) is 18.6 Å². The number of thioether (sulfide) groups is 1. The van der Waals surface area contributed by atoms with E-state index >= 15 is 0 Å². The lowest BCUT2D eigenvalue weighted by Gasteiger charge is -2.42. The molecular weight excluding hydrogens is 220 g/mol. The molecule has 0 aromatic carbocycles. The largest absolute Gasteiger partial charge is 0.368 e. The normalized spacial score (nSPS) is 36.4. The standard InChI is InChI=1S/C12H22N2OS/c1-9-12(11(13)15,7-4-8-16-9)14-10-5-2-3-6-10/h9-10,14H,2-8H2,1H3,(H2,13,15). The van der Waals surface area contributed by atoms with Crippen molar-refractivity contribution in [1.82, 2.24) is 5.32 Å². The second-order valence-electron chi connectivity index (χ2n) is 5.08. The minimum atomic E-state index is -0.447. The van der Waals surface area contributed by atoms with Gasteiger partial charge in [-0.3, -0.25) is 10.1 Å². The highest BCUT2D eigenvalue weighted by Crippen LogP contribution is 2.35. The van der Waals surface area contributed by atoms with E-state index < -0.39 is 5.54 Å². The molecular formula is C12H22N2OS. The predicted octanol–water partition coefficient (Wildman–Crippen LogP) is 1.66. The van der Waals surface area contributed by atoms with Crippen LogP contribution in [0.4, 0.5) is 0 Å². The average Bonchev–Trinajstić information content (AvgIpc) is 2.74. The molecule has 0 spiro atoms. The van der Waals surface area contributed by atoms with E-state index in [-0.39, 0.29) is 5.91 Å². The van der Waals surface area contributed by atoms with Crippen LogP contribution in [0.25, 0.3) is 0 Å². The van der Waals surface area contributed by atoms with Crippen LogP contribution in [-0.2, 0) is 4.79 Å². The van der Waals surface area contributed by atoms with E-state index in [2.05, 4.69) is 12.2 Å². The Balaban J connectivity index is 2.10. The van der Waals surface area contributed by atoms with Gasteiger partial charge >= 0.3 is 0 Å². The third-order valence-electron chi connectivity index (χ3n) is 4.03. The lowest BCUT2D eigenvalue weighted by Crippen LogP contribution is -2.64. The van der Waals surface area contributed by atoms with Crippen molar-refractivity contribution in [3.05, 3.63) is 0 Å². The van der Waals surface area contributed by atoms with Crippen LogP contribution >= 0.6 is 11.8 Å². The molecule has 3 N–H and O–H groups in total. The van der Waals surface area contributed by atoms with Crippen molar-refractivity contribution in [2.75, 3.05) is 5.75 Å². The van der Waals surface area contributed by atoms with E-state index in [4.69, 9.17) is 5.73 Å². The molecule has 2 rings (SSSR count). The van der Waals surface area contributed by atoms with Gasteiger partial charge < -0.3 is 5.73 Å². The van der Waals surface area contributed by atoms with Crippen molar-refractivity contribution in [1.29, 1.82) is 0 Å². The first-order valence-corrected chi connectivity index (χ1v) is 7.39. The lowest BCUT2D eigenvalue weighted by molar-refractivity contribution is -0.125. The summed E-state index contributed by atoms with van der Waals surface area (Å²) in [5.41, 5.74) is 5.21. The predicted molar refractivity (Wildman–Crippen MR) is 68.5 cm³/mol. The van der Waals surface area contributed by atoms with Crippen LogP contribution in [0.2, 0.25) is 0 Å². The van der Waals surface area contributed by atoms with Gasteiger partial charge in [0.1, 0.15) is 5.54 Å². The Morgan fingerprint density at radius 2 is 2.06 bits per heavy atom. The van der Waals surface area contributed by atoms with Crippen molar-refractivity contribution in [3.63, 3.8) is 0 Å². The smallest absolute Gasteiger partial charge is 0.238 e. The molecule has 0 aromatic rings. The summed E-state index contributed by atoms with van der Waals surface area (Å²) in [5, 5.41) is 3.89. The van der Waals surface area contributed by atoms with E-state index in [9.17, 15) is 4.79 Å². The van der Waals surface area contributed by atoms with Gasteiger partial charge in [0.05, 0.1) is 0 Å². The minimum Gasteiger partial charge on any atom is -0.368 e. The van der Waals surface area contributed by atoms with Crippen LogP contribution < -0.4 is 11.1 Å². The monoisotopic (exact) mass is 242 g/mol. The summed E-state index contributed by atoms with van der Waals surface area (Å²) in [6, 6.07) is 0.508. The highest BCUT2D eigenvalue weighted by Gasteiger charge is 2.45. The fourth-order valence-corrected chi connectivity index (χ4v) is 4.23. The third kappa shape index (κ3) is 2.23. The van der Waals surface area contributed by atoms with Gasteiger partial charge in [0.25, 0.3) is 0 Å². The Kier molecular flexibility index (Phi) is 3.80. The lowest BCUT2D eigenvalue weighted by atomic mass is 9.87. The van der Waals surface area contributed by atoms with Crippen LogP contribution in [0.3, 0.4) is 0 Å². The van der Waals surface area contributed by atoms with Crippen LogP contribution in [-0.4, -0.2) is 28.5 Å². The molecule has 1 amide bonds. The number of nitrogens with two attached hydrogens (primary N) is 1. The minimum absolute atomic E-state index is 0.154. The Morgan fingerprint density at radius 1 is 1.38 bits per heavy atom. The van der Waals surface area contributed by atoms with Crippen LogP contribution in [0.1, 0.15) is 45.4 Å². The molecule has 2 fully saturated rings. The van der Waals surface area contributed by atoms with E-state index in [0.29, 0.717) is 11.3 Å². The molecule has 1 aliphatic carbocycles. The maximum atomic E-state index is 11.8. The molecule has 0 bridgehead atoms. The molecule has 3 nitrogen and oxygen atoms in total. The van der Waals surface area contributed by atoms with E-state index in [1.807, 2.05) is 11.8 Å². The topological polar surface area (TPSA) is 55.1 Å². The second-order valence-corrected chi connectivity index (χ2v) is 6.53. The van der Waals surface area contributed by atoms with Crippen LogP contribution in [0, 0.1) is 0 Å². The quantitative estimate of drug-likeness (QED) is 0.791. The summed E-state index contributed by atoms with van der Waals surface area (Å²) in [6.45, 7) is 2.14. The highest BCUT2D eigenvalue weighted by atomic mass is 32.2. The number of rotatable bonds is 3. The van der Waals surface area contributed by atoms with Gasteiger partial charge in [-0.1, -0.05) is 19.8 Å². The van der Waals surface area contributed by atoms with Gasteiger partial charge in [-0.05, 0) is 31.4 Å². The van der Waals surface area contributed by atoms with E-state index in [1.54, 1.807) is 0 Å². The van der Waals surface area contributed by atoms with Crippen molar-refractivity contribution >= 4 is 17.7 Å². The Labute approximate surface area is 102 Å². The van der Waals surface area contributed by atoms with Crippen molar-refractivity contribution in [3.8, 4) is 0 Å². The Morgan fingerprint density at radius 3 is 2.62 bits per heavy atom. The molecule has 2 atom stereocenters. The molecule has 4 heteroatoms. The molecule has 1 saturated heterocycles. The fraction of sp³-hybridized carbons (Fsp3) is 0.917. The summed E-state index contributed by atoms with van der Waals surface area (Å²) in [5.74, 6) is 1.00. The molecule has 1 heterocycles. The molecule has 2 unspecified atom stereocenters. The number of carbonyl (C=O) groups is 1. The summed E-state index contributed by atoms with van der Waals surface area (Å²) >= 11 is 1.87. The second kappa shape index (κ2) is 4.96. The zero-order valence-corrected chi connectivity index (χ0v) is 10.8. The van der Waals surface area contributed by atoms with Crippen molar-refractivity contribution in [2.45, 2.75) is 62.3 Å². The van der Waals surface area contributed by atoms with Gasteiger partial charge in [0.2, 0.25) is 5.91 Å². The summed E-state index contributed by atoms with van der Waals surface area (Å²) in [4.78, 5) is 11.8. The van der Waals surface area contributed by atoms with Gasteiger partial charge in [0.15, 0.2) is 0 Å². The summed E-state index contributed by atoms with van der Waals surface area (Å²) in [6.07, 6.45) is 6.98. The first kappa shape index (κ1) is 12.2. The molecule has 1 saturated carbocycles. The van der Waals surface area contributed by atoms with Crippen molar-refractivity contribution < 1.29 is 4.79 Å². The highest BCUT2D eigenvalue weighted by molar-refractivity contribution is 8.00. The van der Waals surface area contributed by atoms with Crippen LogP contribution in [0.15, 0.2) is 0 Å². The van der Waals surface area contributed by atoms with Gasteiger partial charge in [0, 0.05) is 11.3 Å². The van der Waals surface area contributed by atoms with Crippen LogP contribution in [0.5, 0.6) is 0 Å². The number of hydrogen-bond donors (Lipinski definition) is 2. The molecule has 92 valence electrons. The number of nitrogens with one attached hydrogen (secondary N) is 1. The summed E-state index contributed by atoms with van der Waals surface area (Å²) in [7, 11) is 0. The Hall–Kier alpha value is -0.220. The molecule has 0 aromatic heterocycles. The average molecular weight is 242 g/mol. The number of carbonyl (C=O) groups excluding carboxylic acids is 1. The Bertz CT molecular complexity index is 266. The SMILES string of the molecule is CC1SCCCC1(NC1CCCC1)C(N)=O.